The molecular formula is C18H27N3O. The van der Waals surface area contributed by atoms with Crippen LogP contribution >= 0.6 is 0 Å². The highest BCUT2D eigenvalue weighted by Gasteiger charge is 2.23. The summed E-state index contributed by atoms with van der Waals surface area (Å²) in [4.78, 5) is 5.85. The van der Waals surface area contributed by atoms with E-state index in [0.717, 1.165) is 39.4 Å². The van der Waals surface area contributed by atoms with Crippen LogP contribution in [0, 0.1) is 5.92 Å². The first kappa shape index (κ1) is 15.5. The lowest BCUT2D eigenvalue weighted by Gasteiger charge is -2.37. The molecular weight excluding hydrogens is 274 g/mol. The predicted molar refractivity (Wildman–Crippen MR) is 91.0 cm³/mol. The summed E-state index contributed by atoms with van der Waals surface area (Å²) >= 11 is 0. The fourth-order valence-electron chi connectivity index (χ4n) is 3.35. The number of H-pyrrole nitrogens is 1. The largest absolute Gasteiger partial charge is 0.379 e. The molecule has 1 fully saturated rings. The summed E-state index contributed by atoms with van der Waals surface area (Å²) in [5.74, 6) is 0.647. The van der Waals surface area contributed by atoms with Gasteiger partial charge in [0.15, 0.2) is 0 Å². The summed E-state index contributed by atoms with van der Waals surface area (Å²) in [7, 11) is 0. The Labute approximate surface area is 132 Å². The topological polar surface area (TPSA) is 40.3 Å². The third-order valence-electron chi connectivity index (χ3n) is 4.64. The SMILES string of the molecule is CC(C)C(CNCc1cccc2[nH]ccc12)N1CCOCC1. The molecule has 2 N–H and O–H groups in total. The number of fused-ring (bicyclic) bond motifs is 1. The van der Waals surface area contributed by atoms with Crippen molar-refractivity contribution in [1.29, 1.82) is 0 Å². The van der Waals surface area contributed by atoms with Gasteiger partial charge in [-0.3, -0.25) is 4.90 Å². The van der Waals surface area contributed by atoms with Crippen molar-refractivity contribution in [2.45, 2.75) is 26.4 Å². The van der Waals surface area contributed by atoms with E-state index in [-0.39, 0.29) is 0 Å². The molecule has 1 aliphatic heterocycles. The van der Waals surface area contributed by atoms with Crippen molar-refractivity contribution in [1.82, 2.24) is 15.2 Å². The Bertz CT molecular complexity index is 587. The molecule has 0 amide bonds. The molecule has 0 bridgehead atoms. The first-order chi connectivity index (χ1) is 10.8. The van der Waals surface area contributed by atoms with Gasteiger partial charge in [0.05, 0.1) is 13.2 Å². The smallest absolute Gasteiger partial charge is 0.0594 e. The molecule has 1 aromatic heterocycles. The van der Waals surface area contributed by atoms with Gasteiger partial charge in [0, 0.05) is 49.3 Å². The minimum absolute atomic E-state index is 0.578. The van der Waals surface area contributed by atoms with E-state index < -0.39 is 0 Å². The van der Waals surface area contributed by atoms with Crippen LogP contribution in [0.4, 0.5) is 0 Å². The number of rotatable bonds is 6. The lowest BCUT2D eigenvalue weighted by molar-refractivity contribution is 0.00648. The molecule has 120 valence electrons. The van der Waals surface area contributed by atoms with Crippen molar-refractivity contribution in [2.24, 2.45) is 5.92 Å². The molecule has 0 aliphatic carbocycles. The molecule has 0 spiro atoms. The van der Waals surface area contributed by atoms with Gasteiger partial charge in [-0.1, -0.05) is 26.0 Å². The summed E-state index contributed by atoms with van der Waals surface area (Å²) in [5, 5.41) is 4.99. The highest BCUT2D eigenvalue weighted by molar-refractivity contribution is 5.82. The highest BCUT2D eigenvalue weighted by Crippen LogP contribution is 2.17. The zero-order chi connectivity index (χ0) is 15.4. The molecule has 2 heterocycles. The maximum Gasteiger partial charge on any atom is 0.0594 e. The van der Waals surface area contributed by atoms with Gasteiger partial charge in [-0.15, -0.1) is 0 Å². The van der Waals surface area contributed by atoms with Crippen LogP contribution in [-0.2, 0) is 11.3 Å². The van der Waals surface area contributed by atoms with E-state index in [1.807, 2.05) is 6.20 Å². The number of benzene rings is 1. The summed E-state index contributed by atoms with van der Waals surface area (Å²) in [6.07, 6.45) is 2.01. The number of nitrogens with zero attached hydrogens (tertiary/aromatic N) is 1. The normalized spacial score (nSPS) is 18.1. The number of aromatic nitrogens is 1. The van der Waals surface area contributed by atoms with E-state index in [1.54, 1.807) is 0 Å². The van der Waals surface area contributed by atoms with Crippen LogP contribution in [0.2, 0.25) is 0 Å². The second-order valence-electron chi connectivity index (χ2n) is 6.45. The Morgan fingerprint density at radius 3 is 2.82 bits per heavy atom. The van der Waals surface area contributed by atoms with Gasteiger partial charge in [-0.2, -0.15) is 0 Å². The van der Waals surface area contributed by atoms with Crippen molar-refractivity contribution < 1.29 is 4.74 Å². The van der Waals surface area contributed by atoms with Gasteiger partial charge in [-0.25, -0.2) is 0 Å². The van der Waals surface area contributed by atoms with Gasteiger partial charge >= 0.3 is 0 Å². The van der Waals surface area contributed by atoms with Crippen LogP contribution < -0.4 is 5.32 Å². The van der Waals surface area contributed by atoms with Crippen molar-refractivity contribution in [3.8, 4) is 0 Å². The number of aromatic amines is 1. The van der Waals surface area contributed by atoms with Crippen LogP contribution in [-0.4, -0.2) is 48.8 Å². The lowest BCUT2D eigenvalue weighted by atomic mass is 10.0. The minimum Gasteiger partial charge on any atom is -0.379 e. The van der Waals surface area contributed by atoms with Gasteiger partial charge in [0.2, 0.25) is 0 Å². The lowest BCUT2D eigenvalue weighted by Crippen LogP contribution is -2.50. The number of morpholine rings is 1. The van der Waals surface area contributed by atoms with E-state index >= 15 is 0 Å². The van der Waals surface area contributed by atoms with E-state index in [2.05, 4.69) is 53.3 Å². The number of hydrogen-bond acceptors (Lipinski definition) is 3. The monoisotopic (exact) mass is 301 g/mol. The Hall–Kier alpha value is -1.36. The van der Waals surface area contributed by atoms with Gasteiger partial charge in [0.1, 0.15) is 0 Å². The van der Waals surface area contributed by atoms with E-state index in [9.17, 15) is 0 Å². The van der Waals surface area contributed by atoms with E-state index in [0.29, 0.717) is 12.0 Å². The Kier molecular flexibility index (Phi) is 5.13. The zero-order valence-corrected chi connectivity index (χ0v) is 13.6. The van der Waals surface area contributed by atoms with Crippen molar-refractivity contribution in [2.75, 3.05) is 32.8 Å². The highest BCUT2D eigenvalue weighted by atomic mass is 16.5. The molecule has 0 saturated carbocycles. The summed E-state index contributed by atoms with van der Waals surface area (Å²) < 4.78 is 5.48. The average molecular weight is 301 g/mol. The van der Waals surface area contributed by atoms with Gasteiger partial charge in [0.25, 0.3) is 0 Å². The molecule has 1 aliphatic rings. The Morgan fingerprint density at radius 2 is 2.05 bits per heavy atom. The van der Waals surface area contributed by atoms with E-state index in [4.69, 9.17) is 4.74 Å². The predicted octanol–water partition coefficient (Wildman–Crippen LogP) is 2.61. The molecule has 22 heavy (non-hydrogen) atoms. The molecule has 1 saturated heterocycles. The van der Waals surface area contributed by atoms with Crippen molar-refractivity contribution in [3.63, 3.8) is 0 Å². The first-order valence-electron chi connectivity index (χ1n) is 8.33. The molecule has 2 aromatic rings. The molecule has 3 rings (SSSR count). The van der Waals surface area contributed by atoms with Gasteiger partial charge in [-0.05, 0) is 23.6 Å². The van der Waals surface area contributed by atoms with Gasteiger partial charge < -0.3 is 15.0 Å². The molecule has 1 aromatic carbocycles. The summed E-state index contributed by atoms with van der Waals surface area (Å²) in [5.41, 5.74) is 2.58. The van der Waals surface area contributed by atoms with Crippen LogP contribution in [0.1, 0.15) is 19.4 Å². The Morgan fingerprint density at radius 1 is 1.23 bits per heavy atom. The fourth-order valence-corrected chi connectivity index (χ4v) is 3.35. The fraction of sp³-hybridized carbons (Fsp3) is 0.556. The standard InChI is InChI=1S/C18H27N3O/c1-14(2)18(21-8-10-22-11-9-21)13-19-12-15-4-3-5-17-16(15)6-7-20-17/h3-7,14,18-20H,8-13H2,1-2H3. The average Bonchev–Trinajstić information content (AvgIpc) is 3.01. The molecule has 4 heteroatoms. The second-order valence-corrected chi connectivity index (χ2v) is 6.45. The molecule has 1 unspecified atom stereocenters. The quantitative estimate of drug-likeness (QED) is 0.861. The number of hydrogen-bond donors (Lipinski definition) is 2. The first-order valence-corrected chi connectivity index (χ1v) is 8.33. The maximum absolute atomic E-state index is 5.48. The summed E-state index contributed by atoms with van der Waals surface area (Å²) in [6.45, 7) is 10.4. The van der Waals surface area contributed by atoms with E-state index in [1.165, 1.54) is 16.5 Å². The van der Waals surface area contributed by atoms with Crippen LogP contribution in [0.25, 0.3) is 10.9 Å². The molecule has 0 radical (unpaired) electrons. The van der Waals surface area contributed by atoms with Crippen molar-refractivity contribution in [3.05, 3.63) is 36.0 Å². The van der Waals surface area contributed by atoms with Crippen LogP contribution in [0.3, 0.4) is 0 Å². The summed E-state index contributed by atoms with van der Waals surface area (Å²) in [6, 6.07) is 9.20. The third kappa shape index (κ3) is 3.51. The number of ether oxygens (including phenoxy) is 1. The number of nitrogens with one attached hydrogen (secondary N) is 2. The minimum atomic E-state index is 0.578. The van der Waals surface area contributed by atoms with Crippen LogP contribution in [0.5, 0.6) is 0 Å². The second kappa shape index (κ2) is 7.27. The molecule has 4 nitrogen and oxygen atoms in total. The zero-order valence-electron chi connectivity index (χ0n) is 13.6. The maximum atomic E-state index is 5.48. The van der Waals surface area contributed by atoms with Crippen molar-refractivity contribution >= 4 is 10.9 Å². The van der Waals surface area contributed by atoms with Crippen LogP contribution in [0.15, 0.2) is 30.5 Å². The molecule has 1 atom stereocenters. The third-order valence-corrected chi connectivity index (χ3v) is 4.64. The Balaban J connectivity index is 1.59.